The maximum absolute atomic E-state index is 3.71. The van der Waals surface area contributed by atoms with Crippen LogP contribution in [0.5, 0.6) is 0 Å². The fourth-order valence-electron chi connectivity index (χ4n) is 0.834. The van der Waals surface area contributed by atoms with Gasteiger partial charge in [0, 0.05) is 0 Å². The number of hydrogen-bond acceptors (Lipinski definition) is 0. The molecule has 0 aliphatic carbocycles. The number of benzene rings is 1. The summed E-state index contributed by atoms with van der Waals surface area (Å²) in [6.45, 7) is 3.71. The van der Waals surface area contributed by atoms with Crippen LogP contribution in [0.2, 0.25) is 0 Å². The SMILES string of the molecule is C=C[SiH]Cc1ccccc1. The van der Waals surface area contributed by atoms with Crippen LogP contribution in [0.25, 0.3) is 0 Å². The van der Waals surface area contributed by atoms with Gasteiger partial charge in [0.1, 0.15) is 0 Å². The highest BCUT2D eigenvalue weighted by Gasteiger charge is 1.86. The van der Waals surface area contributed by atoms with Crippen LogP contribution in [0, 0.1) is 0 Å². The van der Waals surface area contributed by atoms with Gasteiger partial charge in [-0.2, -0.15) is 0 Å². The predicted octanol–water partition coefficient (Wildman–Crippen LogP) is 1.77. The smallest absolute Gasteiger partial charge is 0.0606 e. The van der Waals surface area contributed by atoms with Crippen LogP contribution in [0.15, 0.2) is 42.6 Å². The van der Waals surface area contributed by atoms with Gasteiger partial charge in [0.25, 0.3) is 0 Å². The third-order valence-electron chi connectivity index (χ3n) is 1.36. The summed E-state index contributed by atoms with van der Waals surface area (Å²) in [5.41, 5.74) is 3.46. The average molecular weight is 147 g/mol. The second-order valence-electron chi connectivity index (χ2n) is 2.16. The molecule has 0 N–H and O–H groups in total. The van der Waals surface area contributed by atoms with Crippen LogP contribution in [0.1, 0.15) is 5.56 Å². The standard InChI is InChI=1S/C9H11Si/c1-2-10-8-9-6-4-3-5-7-9/h2-7,10H,1,8H2. The van der Waals surface area contributed by atoms with Gasteiger partial charge in [0.15, 0.2) is 0 Å². The Labute approximate surface area is 64.4 Å². The van der Waals surface area contributed by atoms with Gasteiger partial charge < -0.3 is 0 Å². The van der Waals surface area contributed by atoms with E-state index in [-0.39, 0.29) is 0 Å². The van der Waals surface area contributed by atoms with Crippen molar-refractivity contribution in [2.45, 2.75) is 6.04 Å². The van der Waals surface area contributed by atoms with Crippen molar-refractivity contribution in [1.29, 1.82) is 0 Å². The molecule has 0 saturated carbocycles. The molecule has 51 valence electrons. The normalized spacial score (nSPS) is 9.20. The first-order chi connectivity index (χ1) is 4.93. The second kappa shape index (κ2) is 4.07. The van der Waals surface area contributed by atoms with Crippen molar-refractivity contribution in [2.24, 2.45) is 0 Å². The topological polar surface area (TPSA) is 0 Å². The third-order valence-corrected chi connectivity index (χ3v) is 2.40. The summed E-state index contributed by atoms with van der Waals surface area (Å²) in [5.74, 6) is 0. The monoisotopic (exact) mass is 147 g/mol. The molecular formula is C9H11Si. The van der Waals surface area contributed by atoms with E-state index in [4.69, 9.17) is 0 Å². The molecule has 0 spiro atoms. The molecule has 0 unspecified atom stereocenters. The minimum Gasteiger partial charge on any atom is -0.107 e. The molecule has 0 amide bonds. The lowest BCUT2D eigenvalue weighted by molar-refractivity contribution is 1.39. The quantitative estimate of drug-likeness (QED) is 0.572. The molecule has 0 aliphatic rings. The summed E-state index contributed by atoms with van der Waals surface area (Å²) in [6, 6.07) is 11.7. The van der Waals surface area contributed by atoms with Crippen LogP contribution >= 0.6 is 0 Å². The minimum absolute atomic E-state index is 0.422. The molecular weight excluding hydrogens is 136 g/mol. The van der Waals surface area contributed by atoms with Gasteiger partial charge in [-0.3, -0.25) is 0 Å². The molecule has 0 aromatic heterocycles. The molecule has 0 fully saturated rings. The summed E-state index contributed by atoms with van der Waals surface area (Å²) in [5, 5.41) is 0. The maximum atomic E-state index is 3.71. The first kappa shape index (κ1) is 7.29. The molecule has 10 heavy (non-hydrogen) atoms. The molecule has 1 aromatic carbocycles. The van der Waals surface area contributed by atoms with E-state index in [2.05, 4.69) is 30.8 Å². The van der Waals surface area contributed by atoms with Gasteiger partial charge in [0.05, 0.1) is 9.52 Å². The zero-order chi connectivity index (χ0) is 7.23. The van der Waals surface area contributed by atoms with Crippen molar-refractivity contribution in [1.82, 2.24) is 0 Å². The Balaban J connectivity index is 2.50. The van der Waals surface area contributed by atoms with Crippen LogP contribution < -0.4 is 0 Å². The predicted molar refractivity (Wildman–Crippen MR) is 47.5 cm³/mol. The van der Waals surface area contributed by atoms with Gasteiger partial charge >= 0.3 is 0 Å². The maximum Gasteiger partial charge on any atom is 0.0606 e. The molecule has 0 saturated heterocycles. The lowest BCUT2D eigenvalue weighted by Crippen LogP contribution is -1.91. The van der Waals surface area contributed by atoms with E-state index in [1.54, 1.807) is 0 Å². The molecule has 0 heterocycles. The fraction of sp³-hybridized carbons (Fsp3) is 0.111. The Hall–Kier alpha value is -0.823. The summed E-state index contributed by atoms with van der Waals surface area (Å²) < 4.78 is 0. The van der Waals surface area contributed by atoms with Crippen LogP contribution in [0.4, 0.5) is 0 Å². The average Bonchev–Trinajstić information content (AvgIpc) is 2.03. The highest BCUT2D eigenvalue weighted by molar-refractivity contribution is 6.41. The zero-order valence-corrected chi connectivity index (χ0v) is 7.11. The van der Waals surface area contributed by atoms with Crippen molar-refractivity contribution in [3.8, 4) is 0 Å². The lowest BCUT2D eigenvalue weighted by Gasteiger charge is -1.93. The molecule has 0 bridgehead atoms. The van der Waals surface area contributed by atoms with E-state index in [1.807, 2.05) is 11.8 Å². The second-order valence-corrected chi connectivity index (χ2v) is 3.51. The Morgan fingerprint density at radius 1 is 1.30 bits per heavy atom. The molecule has 0 nitrogen and oxygen atoms in total. The van der Waals surface area contributed by atoms with Gasteiger partial charge in [-0.15, -0.1) is 12.3 Å². The van der Waals surface area contributed by atoms with E-state index < -0.39 is 0 Å². The largest absolute Gasteiger partial charge is 0.107 e. The molecule has 1 rings (SSSR count). The molecule has 1 radical (unpaired) electrons. The van der Waals surface area contributed by atoms with Crippen LogP contribution in [0.3, 0.4) is 0 Å². The van der Waals surface area contributed by atoms with Crippen molar-refractivity contribution in [2.75, 3.05) is 0 Å². The molecule has 1 aromatic rings. The molecule has 0 aliphatic heterocycles. The minimum atomic E-state index is 0.422. The number of hydrogen-bond donors (Lipinski definition) is 0. The summed E-state index contributed by atoms with van der Waals surface area (Å²) in [4.78, 5) is 0. The van der Waals surface area contributed by atoms with Gasteiger partial charge in [-0.25, -0.2) is 0 Å². The third kappa shape index (κ3) is 2.19. The van der Waals surface area contributed by atoms with Crippen molar-refractivity contribution < 1.29 is 0 Å². The lowest BCUT2D eigenvalue weighted by atomic mass is 10.2. The van der Waals surface area contributed by atoms with Gasteiger partial charge in [-0.1, -0.05) is 35.9 Å². The van der Waals surface area contributed by atoms with E-state index in [0.717, 1.165) is 0 Å². The Kier molecular flexibility index (Phi) is 2.96. The Morgan fingerprint density at radius 3 is 2.60 bits per heavy atom. The van der Waals surface area contributed by atoms with Gasteiger partial charge in [-0.05, 0) is 6.04 Å². The summed E-state index contributed by atoms with van der Waals surface area (Å²) in [6.07, 6.45) is 0. The van der Waals surface area contributed by atoms with Crippen molar-refractivity contribution in [3.05, 3.63) is 48.2 Å². The summed E-state index contributed by atoms with van der Waals surface area (Å²) >= 11 is 0. The number of rotatable bonds is 3. The fourth-order valence-corrected chi connectivity index (χ4v) is 1.54. The first-order valence-electron chi connectivity index (χ1n) is 3.41. The highest BCUT2D eigenvalue weighted by atomic mass is 28.2. The van der Waals surface area contributed by atoms with Gasteiger partial charge in [0.2, 0.25) is 0 Å². The molecule has 0 atom stereocenters. The van der Waals surface area contributed by atoms with Crippen molar-refractivity contribution >= 4 is 9.52 Å². The summed E-state index contributed by atoms with van der Waals surface area (Å²) in [7, 11) is 0.422. The Bertz CT molecular complexity index is 191. The Morgan fingerprint density at radius 2 is 2.00 bits per heavy atom. The first-order valence-corrected chi connectivity index (χ1v) is 4.90. The van der Waals surface area contributed by atoms with E-state index >= 15 is 0 Å². The van der Waals surface area contributed by atoms with E-state index in [9.17, 15) is 0 Å². The molecule has 1 heteroatoms. The van der Waals surface area contributed by atoms with Crippen molar-refractivity contribution in [3.63, 3.8) is 0 Å². The van der Waals surface area contributed by atoms with Crippen LogP contribution in [-0.4, -0.2) is 9.52 Å². The van der Waals surface area contributed by atoms with E-state index in [1.165, 1.54) is 11.6 Å². The van der Waals surface area contributed by atoms with E-state index in [0.29, 0.717) is 9.52 Å². The van der Waals surface area contributed by atoms with Crippen LogP contribution in [-0.2, 0) is 6.04 Å². The highest BCUT2D eigenvalue weighted by Crippen LogP contribution is 1.97. The zero-order valence-electron chi connectivity index (χ0n) is 5.96.